The molecule has 0 aromatic heterocycles. The first-order valence-corrected chi connectivity index (χ1v) is 33.6. The smallest absolute Gasteiger partial charge is 0.306 e. The van der Waals surface area contributed by atoms with Gasteiger partial charge in [0.05, 0.1) is 0 Å². The van der Waals surface area contributed by atoms with Gasteiger partial charge < -0.3 is 14.2 Å². The largest absolute Gasteiger partial charge is 0.462 e. The van der Waals surface area contributed by atoms with Gasteiger partial charge in [-0.1, -0.05) is 305 Å². The van der Waals surface area contributed by atoms with Crippen LogP contribution in [0.1, 0.15) is 335 Å². The number of hydrogen-bond acceptors (Lipinski definition) is 6. The van der Waals surface area contributed by atoms with E-state index in [1.54, 1.807) is 0 Å². The number of unbranched alkanes of at least 4 members (excludes halogenated alkanes) is 36. The highest BCUT2D eigenvalue weighted by Crippen LogP contribution is 2.17. The van der Waals surface area contributed by atoms with Gasteiger partial charge >= 0.3 is 17.9 Å². The summed E-state index contributed by atoms with van der Waals surface area (Å²) in [6.45, 7) is 6.48. The summed E-state index contributed by atoms with van der Waals surface area (Å²) in [6.07, 6.45) is 87.9. The molecule has 0 aliphatic rings. The van der Waals surface area contributed by atoms with Crippen LogP contribution in [0.2, 0.25) is 0 Å². The fourth-order valence-corrected chi connectivity index (χ4v) is 9.62. The summed E-state index contributed by atoms with van der Waals surface area (Å²) in [6, 6.07) is 0. The Morgan fingerprint density at radius 3 is 0.782 bits per heavy atom. The molecule has 1 atom stereocenters. The maximum absolute atomic E-state index is 12.9. The second-order valence-corrected chi connectivity index (χ2v) is 22.4. The number of ether oxygens (including phenoxy) is 3. The number of carbonyl (C=O) groups excluding carboxylic acids is 3. The predicted octanol–water partition coefficient (Wildman–Crippen LogP) is 23.1. The van der Waals surface area contributed by atoms with Gasteiger partial charge in [0.2, 0.25) is 0 Å². The summed E-state index contributed by atoms with van der Waals surface area (Å²) >= 11 is 0. The third kappa shape index (κ3) is 63.4. The minimum absolute atomic E-state index is 0.0781. The minimum atomic E-state index is -0.779. The van der Waals surface area contributed by atoms with Gasteiger partial charge in [-0.2, -0.15) is 0 Å². The third-order valence-corrected chi connectivity index (χ3v) is 14.6. The van der Waals surface area contributed by atoms with Crippen LogP contribution in [0, 0.1) is 0 Å². The highest BCUT2D eigenvalue weighted by molar-refractivity contribution is 5.71. The van der Waals surface area contributed by atoms with Crippen LogP contribution in [0.15, 0.2) is 85.1 Å². The quantitative estimate of drug-likeness (QED) is 0.0261. The first-order chi connectivity index (χ1) is 38.5. The molecule has 0 rings (SSSR count). The van der Waals surface area contributed by atoms with Gasteiger partial charge in [-0.15, -0.1) is 0 Å². The summed E-state index contributed by atoms with van der Waals surface area (Å²) in [7, 11) is 0. The lowest BCUT2D eigenvalue weighted by atomic mass is 10.0. The molecule has 0 aliphatic heterocycles. The number of esters is 3. The normalized spacial score (nSPS) is 12.6. The third-order valence-electron chi connectivity index (χ3n) is 14.6. The van der Waals surface area contributed by atoms with Crippen molar-refractivity contribution < 1.29 is 28.6 Å². The van der Waals surface area contributed by atoms with Crippen LogP contribution >= 0.6 is 0 Å². The van der Waals surface area contributed by atoms with Gasteiger partial charge in [0.1, 0.15) is 13.2 Å². The molecule has 0 bridgehead atoms. The van der Waals surface area contributed by atoms with Gasteiger partial charge in [-0.25, -0.2) is 0 Å². The van der Waals surface area contributed by atoms with E-state index in [0.29, 0.717) is 19.3 Å². The Morgan fingerprint density at radius 2 is 0.500 bits per heavy atom. The predicted molar refractivity (Wildman–Crippen MR) is 339 cm³/mol. The molecule has 450 valence electrons. The number of carbonyl (C=O) groups is 3. The molecule has 6 heteroatoms. The molecule has 78 heavy (non-hydrogen) atoms. The monoisotopic (exact) mass is 1090 g/mol. The Bertz CT molecular complexity index is 1480. The van der Waals surface area contributed by atoms with Crippen molar-refractivity contribution in [1.29, 1.82) is 0 Å². The van der Waals surface area contributed by atoms with E-state index in [1.807, 2.05) is 0 Å². The topological polar surface area (TPSA) is 78.9 Å². The summed E-state index contributed by atoms with van der Waals surface area (Å²) in [5.74, 6) is -0.886. The molecule has 0 saturated carbocycles. The van der Waals surface area contributed by atoms with Crippen molar-refractivity contribution in [2.45, 2.75) is 341 Å². The molecule has 6 nitrogen and oxygen atoms in total. The fourth-order valence-electron chi connectivity index (χ4n) is 9.62. The van der Waals surface area contributed by atoms with Crippen molar-refractivity contribution >= 4 is 17.9 Å². The Labute approximate surface area is 484 Å². The van der Waals surface area contributed by atoms with Crippen molar-refractivity contribution in [3.63, 3.8) is 0 Å². The molecule has 0 heterocycles. The molecule has 0 fully saturated rings. The van der Waals surface area contributed by atoms with Gasteiger partial charge in [0.25, 0.3) is 0 Å². The van der Waals surface area contributed by atoms with Gasteiger partial charge in [0.15, 0.2) is 6.10 Å². The van der Waals surface area contributed by atoms with Gasteiger partial charge in [-0.05, 0) is 96.3 Å². The van der Waals surface area contributed by atoms with Crippen molar-refractivity contribution in [2.75, 3.05) is 13.2 Å². The first-order valence-electron chi connectivity index (χ1n) is 33.6. The summed E-state index contributed by atoms with van der Waals surface area (Å²) < 4.78 is 16.8. The zero-order valence-electron chi connectivity index (χ0n) is 51.7. The van der Waals surface area contributed by atoms with Crippen LogP contribution < -0.4 is 0 Å². The van der Waals surface area contributed by atoms with E-state index in [9.17, 15) is 14.4 Å². The average Bonchev–Trinajstić information content (AvgIpc) is 3.44. The van der Waals surface area contributed by atoms with Crippen LogP contribution in [0.5, 0.6) is 0 Å². The van der Waals surface area contributed by atoms with Crippen LogP contribution in [0.3, 0.4) is 0 Å². The number of rotatable bonds is 61. The standard InChI is InChI=1S/C72H126O6/c1-4-7-10-13-16-18-20-22-24-26-28-30-32-33-34-35-36-37-38-39-41-42-44-46-48-50-52-54-56-59-62-65-71(74)77-68-69(67-76-70(73)64-61-58-15-12-9-6-3)78-72(75)66-63-60-57-55-53-51-49-47-45-43-40-31-29-27-25-23-21-19-17-14-11-8-5-2/h8,11,17,19-20,22-23,25-26,28-29,31,43,45,69H,4-7,9-10,12-16,18,21,24,27,30,32-42,44,46-68H2,1-3H3/b11-8-,19-17-,22-20-,25-23-,28-26-,31-29-,45-43-. The van der Waals surface area contributed by atoms with E-state index in [1.165, 1.54) is 193 Å². The summed E-state index contributed by atoms with van der Waals surface area (Å²) in [5, 5.41) is 0. The molecule has 0 aromatic carbocycles. The van der Waals surface area contributed by atoms with E-state index < -0.39 is 6.10 Å². The van der Waals surface area contributed by atoms with Crippen LogP contribution in [0.4, 0.5) is 0 Å². The van der Waals surface area contributed by atoms with E-state index in [-0.39, 0.29) is 31.1 Å². The SMILES string of the molecule is CC/C=C\C/C=C\C/C=C\C/C=C\C/C=C\CCCCCCCCCC(=O)OC(COC(=O)CCCCCCCC)COC(=O)CCCCCCCCCCCCCCCCCCCCC/C=C\C/C=C\CCCCCCC. The number of allylic oxidation sites excluding steroid dienone is 14. The molecule has 0 amide bonds. The highest BCUT2D eigenvalue weighted by Gasteiger charge is 2.19. The molecule has 1 unspecified atom stereocenters. The maximum atomic E-state index is 12.9. The Morgan fingerprint density at radius 1 is 0.269 bits per heavy atom. The van der Waals surface area contributed by atoms with Crippen molar-refractivity contribution in [2.24, 2.45) is 0 Å². The van der Waals surface area contributed by atoms with Crippen molar-refractivity contribution in [3.8, 4) is 0 Å². The summed E-state index contributed by atoms with van der Waals surface area (Å²) in [5.41, 5.74) is 0. The molecular weight excluding hydrogens is 961 g/mol. The van der Waals surface area contributed by atoms with Gasteiger partial charge in [0, 0.05) is 19.3 Å². The van der Waals surface area contributed by atoms with Crippen molar-refractivity contribution in [3.05, 3.63) is 85.1 Å². The molecule has 0 aromatic rings. The van der Waals surface area contributed by atoms with Crippen LogP contribution in [-0.2, 0) is 28.6 Å². The Hall–Kier alpha value is -3.41. The first kappa shape index (κ1) is 74.6. The Kier molecular flexibility index (Phi) is 63.2. The fraction of sp³-hybridized carbons (Fsp3) is 0.764. The highest BCUT2D eigenvalue weighted by atomic mass is 16.6. The second kappa shape index (κ2) is 66.1. The van der Waals surface area contributed by atoms with E-state index >= 15 is 0 Å². The zero-order chi connectivity index (χ0) is 56.4. The van der Waals surface area contributed by atoms with Crippen LogP contribution in [0.25, 0.3) is 0 Å². The number of hydrogen-bond donors (Lipinski definition) is 0. The lowest BCUT2D eigenvalue weighted by Crippen LogP contribution is -2.30. The van der Waals surface area contributed by atoms with Crippen molar-refractivity contribution in [1.82, 2.24) is 0 Å². The maximum Gasteiger partial charge on any atom is 0.306 e. The van der Waals surface area contributed by atoms with E-state index in [4.69, 9.17) is 14.2 Å². The molecule has 0 aliphatic carbocycles. The summed E-state index contributed by atoms with van der Waals surface area (Å²) in [4.78, 5) is 38.0. The average molecular weight is 1090 g/mol. The van der Waals surface area contributed by atoms with Crippen LogP contribution in [-0.4, -0.2) is 37.2 Å². The van der Waals surface area contributed by atoms with Gasteiger partial charge in [-0.3, -0.25) is 14.4 Å². The molecule has 0 spiro atoms. The molecule has 0 saturated heterocycles. The lowest BCUT2D eigenvalue weighted by molar-refractivity contribution is -0.167. The second-order valence-electron chi connectivity index (χ2n) is 22.4. The molecule has 0 radical (unpaired) electrons. The zero-order valence-corrected chi connectivity index (χ0v) is 51.7. The van der Waals surface area contributed by atoms with E-state index in [0.717, 1.165) is 103 Å². The molecule has 0 N–H and O–H groups in total. The molecular formula is C72H126O6. The lowest BCUT2D eigenvalue weighted by Gasteiger charge is -2.18. The minimum Gasteiger partial charge on any atom is -0.462 e. The Balaban J connectivity index is 4.03. The van der Waals surface area contributed by atoms with E-state index in [2.05, 4.69) is 106 Å².